The van der Waals surface area contributed by atoms with Gasteiger partial charge in [-0.3, -0.25) is 9.88 Å². The van der Waals surface area contributed by atoms with Gasteiger partial charge in [0.2, 0.25) is 0 Å². The van der Waals surface area contributed by atoms with Crippen LogP contribution in [0.1, 0.15) is 19.4 Å². The molecular weight excluding hydrogens is 350 g/mol. The van der Waals surface area contributed by atoms with E-state index in [1.807, 2.05) is 12.1 Å². The number of fused-ring (bicyclic) bond motifs is 1. The number of piperazine rings is 1. The molecule has 6 nitrogen and oxygen atoms in total. The Morgan fingerprint density at radius 2 is 1.93 bits per heavy atom. The van der Waals surface area contributed by atoms with Gasteiger partial charge in [-0.05, 0) is 37.7 Å². The Morgan fingerprint density at radius 3 is 2.68 bits per heavy atom. The summed E-state index contributed by atoms with van der Waals surface area (Å²) in [5.41, 5.74) is 2.57. The van der Waals surface area contributed by atoms with E-state index in [4.69, 9.17) is 4.74 Å². The Balaban J connectivity index is 1.51. The molecule has 1 aromatic carbocycles. The molecule has 4 rings (SSSR count). The number of morpholine rings is 1. The molecule has 2 atom stereocenters. The Morgan fingerprint density at radius 1 is 1.14 bits per heavy atom. The summed E-state index contributed by atoms with van der Waals surface area (Å²) in [5.74, 6) is 0. The highest BCUT2D eigenvalue weighted by Gasteiger charge is 2.29. The second-order valence-corrected chi connectivity index (χ2v) is 7.85. The van der Waals surface area contributed by atoms with Crippen molar-refractivity contribution in [1.29, 1.82) is 5.26 Å². The SMILES string of the molecule is CCN1CCN(C[C@H]2CN(c3ccc(C#N)c4ncccc34)C[C@@H](C)O2)CC1. The van der Waals surface area contributed by atoms with E-state index in [1.165, 1.54) is 0 Å². The summed E-state index contributed by atoms with van der Waals surface area (Å²) in [7, 11) is 0. The first-order chi connectivity index (χ1) is 13.7. The number of nitriles is 1. The second-order valence-electron chi connectivity index (χ2n) is 7.85. The fourth-order valence-electron chi connectivity index (χ4n) is 4.44. The maximum Gasteiger partial charge on any atom is 0.101 e. The van der Waals surface area contributed by atoms with Crippen LogP contribution in [0.3, 0.4) is 0 Å². The Hall–Kier alpha value is -2.20. The van der Waals surface area contributed by atoms with Gasteiger partial charge in [0.1, 0.15) is 6.07 Å². The summed E-state index contributed by atoms with van der Waals surface area (Å²) in [6.07, 6.45) is 2.13. The first-order valence-electron chi connectivity index (χ1n) is 10.3. The van der Waals surface area contributed by atoms with Crippen molar-refractivity contribution in [2.75, 3.05) is 57.3 Å². The fraction of sp³-hybridized carbons (Fsp3) is 0.545. The molecule has 0 amide bonds. The molecule has 0 bridgehead atoms. The zero-order chi connectivity index (χ0) is 19.5. The lowest BCUT2D eigenvalue weighted by molar-refractivity contribution is -0.0376. The van der Waals surface area contributed by atoms with Gasteiger partial charge in [0.15, 0.2) is 0 Å². The van der Waals surface area contributed by atoms with Gasteiger partial charge in [-0.1, -0.05) is 6.92 Å². The number of anilines is 1. The number of hydrogen-bond acceptors (Lipinski definition) is 6. The molecule has 0 radical (unpaired) electrons. The number of likely N-dealkylation sites (N-methyl/N-ethyl adjacent to an activating group) is 1. The van der Waals surface area contributed by atoms with Gasteiger partial charge in [-0.15, -0.1) is 0 Å². The zero-order valence-corrected chi connectivity index (χ0v) is 16.8. The largest absolute Gasteiger partial charge is 0.370 e. The van der Waals surface area contributed by atoms with Crippen molar-refractivity contribution in [3.05, 3.63) is 36.0 Å². The Bertz CT molecular complexity index is 856. The topological polar surface area (TPSA) is 55.6 Å². The summed E-state index contributed by atoms with van der Waals surface area (Å²) in [6, 6.07) is 10.2. The third kappa shape index (κ3) is 3.97. The molecule has 0 saturated carbocycles. The number of aromatic nitrogens is 1. The molecule has 1 aromatic heterocycles. The summed E-state index contributed by atoms with van der Waals surface area (Å²) >= 11 is 0. The van der Waals surface area contributed by atoms with E-state index in [0.29, 0.717) is 5.56 Å². The van der Waals surface area contributed by atoms with Crippen molar-refractivity contribution >= 4 is 16.6 Å². The molecule has 0 aliphatic carbocycles. The first-order valence-corrected chi connectivity index (χ1v) is 10.3. The van der Waals surface area contributed by atoms with Gasteiger partial charge in [-0.2, -0.15) is 5.26 Å². The molecule has 0 spiro atoms. The van der Waals surface area contributed by atoms with Crippen molar-refractivity contribution in [1.82, 2.24) is 14.8 Å². The molecule has 2 saturated heterocycles. The number of benzene rings is 1. The molecular formula is C22H29N5O. The molecule has 0 unspecified atom stereocenters. The molecule has 148 valence electrons. The molecule has 6 heteroatoms. The molecule has 2 aliphatic heterocycles. The Kier molecular flexibility index (Phi) is 5.77. The van der Waals surface area contributed by atoms with Gasteiger partial charge in [-0.25, -0.2) is 0 Å². The monoisotopic (exact) mass is 379 g/mol. The third-order valence-electron chi connectivity index (χ3n) is 5.91. The van der Waals surface area contributed by atoms with E-state index >= 15 is 0 Å². The highest BCUT2D eigenvalue weighted by Crippen LogP contribution is 2.30. The number of ether oxygens (including phenoxy) is 1. The van der Waals surface area contributed by atoms with E-state index in [0.717, 1.165) is 68.9 Å². The van der Waals surface area contributed by atoms with Crippen molar-refractivity contribution in [2.24, 2.45) is 0 Å². The molecule has 28 heavy (non-hydrogen) atoms. The Labute approximate surface area is 167 Å². The third-order valence-corrected chi connectivity index (χ3v) is 5.91. The summed E-state index contributed by atoms with van der Waals surface area (Å²) in [4.78, 5) is 11.9. The summed E-state index contributed by atoms with van der Waals surface area (Å²) in [5, 5.41) is 10.5. The van der Waals surface area contributed by atoms with Crippen LogP contribution in [-0.2, 0) is 4.74 Å². The van der Waals surface area contributed by atoms with E-state index in [-0.39, 0.29) is 12.2 Å². The quantitative estimate of drug-likeness (QED) is 0.813. The van der Waals surface area contributed by atoms with E-state index in [9.17, 15) is 5.26 Å². The number of nitrogens with zero attached hydrogens (tertiary/aromatic N) is 5. The maximum atomic E-state index is 9.41. The zero-order valence-electron chi connectivity index (χ0n) is 16.8. The molecule has 2 aliphatic rings. The predicted molar refractivity (Wildman–Crippen MR) is 112 cm³/mol. The molecule has 0 N–H and O–H groups in total. The summed E-state index contributed by atoms with van der Waals surface area (Å²) < 4.78 is 6.29. The van der Waals surface area contributed by atoms with Crippen LogP contribution in [0.15, 0.2) is 30.5 Å². The van der Waals surface area contributed by atoms with Crippen LogP contribution in [0.5, 0.6) is 0 Å². The lowest BCUT2D eigenvalue weighted by Gasteiger charge is -2.42. The number of rotatable bonds is 4. The van der Waals surface area contributed by atoms with E-state index in [2.05, 4.69) is 51.7 Å². The molecule has 2 fully saturated rings. The van der Waals surface area contributed by atoms with E-state index < -0.39 is 0 Å². The van der Waals surface area contributed by atoms with E-state index in [1.54, 1.807) is 6.20 Å². The standard InChI is InChI=1S/C22H29N5O/c1-3-25-9-11-26(12-10-25)15-19-16-27(14-17(2)28-19)21-7-6-18(13-23)22-20(21)5-4-8-24-22/h4-8,17,19H,3,9-12,14-16H2,1-2H3/t17-,19+/m1/s1. The normalized spacial score (nSPS) is 24.4. The van der Waals surface area contributed by atoms with Crippen LogP contribution < -0.4 is 4.90 Å². The van der Waals surface area contributed by atoms with Gasteiger partial charge in [0.25, 0.3) is 0 Å². The first kappa shape index (κ1) is 19.1. The van der Waals surface area contributed by atoms with Gasteiger partial charge in [0.05, 0.1) is 23.3 Å². The van der Waals surface area contributed by atoms with Gasteiger partial charge < -0.3 is 14.5 Å². The minimum absolute atomic E-state index is 0.179. The number of pyridine rings is 1. The maximum absolute atomic E-state index is 9.41. The highest BCUT2D eigenvalue weighted by molar-refractivity contribution is 5.95. The lowest BCUT2D eigenvalue weighted by Crippen LogP contribution is -2.54. The van der Waals surface area contributed by atoms with Crippen LogP contribution >= 0.6 is 0 Å². The van der Waals surface area contributed by atoms with Crippen molar-refractivity contribution in [2.45, 2.75) is 26.1 Å². The minimum atomic E-state index is 0.179. The van der Waals surface area contributed by atoms with Crippen molar-refractivity contribution < 1.29 is 4.74 Å². The molecule has 3 heterocycles. The van der Waals surface area contributed by atoms with Crippen LogP contribution in [0, 0.1) is 11.3 Å². The van der Waals surface area contributed by atoms with Gasteiger partial charge in [0, 0.05) is 63.1 Å². The van der Waals surface area contributed by atoms with Crippen LogP contribution in [0.2, 0.25) is 0 Å². The van der Waals surface area contributed by atoms with Crippen LogP contribution in [0.25, 0.3) is 10.9 Å². The second kappa shape index (κ2) is 8.44. The number of hydrogen-bond donors (Lipinski definition) is 0. The molecule has 2 aromatic rings. The lowest BCUT2D eigenvalue weighted by atomic mass is 10.1. The van der Waals surface area contributed by atoms with Crippen molar-refractivity contribution in [3.8, 4) is 6.07 Å². The highest BCUT2D eigenvalue weighted by atomic mass is 16.5. The van der Waals surface area contributed by atoms with Crippen LogP contribution in [-0.4, -0.2) is 79.3 Å². The van der Waals surface area contributed by atoms with Crippen molar-refractivity contribution in [3.63, 3.8) is 0 Å². The van der Waals surface area contributed by atoms with Crippen LogP contribution in [0.4, 0.5) is 5.69 Å². The average Bonchev–Trinajstić information content (AvgIpc) is 2.73. The smallest absolute Gasteiger partial charge is 0.101 e. The summed E-state index contributed by atoms with van der Waals surface area (Å²) in [6.45, 7) is 12.8. The predicted octanol–water partition coefficient (Wildman–Crippen LogP) is 2.34. The van der Waals surface area contributed by atoms with Gasteiger partial charge >= 0.3 is 0 Å². The average molecular weight is 380 g/mol. The fourth-order valence-corrected chi connectivity index (χ4v) is 4.44. The minimum Gasteiger partial charge on any atom is -0.370 e.